The van der Waals surface area contributed by atoms with Crippen LogP contribution >= 0.6 is 0 Å². The molecule has 190 valence electrons. The average molecular weight is 507 g/mol. The van der Waals surface area contributed by atoms with E-state index in [0.29, 0.717) is 34.4 Å². The second kappa shape index (κ2) is 10.1. The Morgan fingerprint density at radius 1 is 0.579 bits per heavy atom. The molecule has 0 N–H and O–H groups in total. The van der Waals surface area contributed by atoms with E-state index in [0.717, 1.165) is 24.7 Å². The van der Waals surface area contributed by atoms with Crippen LogP contribution in [0.4, 0.5) is 11.4 Å². The second-order valence-corrected chi connectivity index (χ2v) is 9.05. The van der Waals surface area contributed by atoms with Gasteiger partial charge in [-0.15, -0.1) is 0 Å². The summed E-state index contributed by atoms with van der Waals surface area (Å²) < 4.78 is 12.2. The third-order valence-corrected chi connectivity index (χ3v) is 6.01. The van der Waals surface area contributed by atoms with Gasteiger partial charge in [0.25, 0.3) is 0 Å². The lowest BCUT2D eigenvalue weighted by atomic mass is 10.2. The Kier molecular flexibility index (Phi) is 6.19. The molecule has 4 aromatic heterocycles. The Labute approximate surface area is 220 Å². The summed E-state index contributed by atoms with van der Waals surface area (Å²) in [6.07, 6.45) is 18.5. The van der Waals surface area contributed by atoms with Gasteiger partial charge in [-0.05, 0) is 12.1 Å². The van der Waals surface area contributed by atoms with Crippen molar-refractivity contribution in [2.24, 2.45) is 0 Å². The predicted molar refractivity (Wildman–Crippen MR) is 145 cm³/mol. The van der Waals surface area contributed by atoms with Crippen molar-refractivity contribution in [3.05, 3.63) is 98.4 Å². The Morgan fingerprint density at radius 2 is 1.05 bits per heavy atom. The van der Waals surface area contributed by atoms with Crippen LogP contribution in [0.2, 0.25) is 0 Å². The van der Waals surface area contributed by atoms with Crippen molar-refractivity contribution >= 4 is 11.4 Å². The first-order valence-electron chi connectivity index (χ1n) is 12.1. The zero-order valence-electron chi connectivity index (χ0n) is 21.0. The largest absolute Gasteiger partial charge is 0.456 e. The molecule has 10 nitrogen and oxygen atoms in total. The maximum atomic E-state index is 6.12. The van der Waals surface area contributed by atoms with Gasteiger partial charge in [0.15, 0.2) is 0 Å². The number of hydrogen-bond donors (Lipinski definition) is 0. The molecule has 6 heterocycles. The van der Waals surface area contributed by atoms with Gasteiger partial charge in [-0.2, -0.15) is 0 Å². The Morgan fingerprint density at radius 3 is 1.47 bits per heavy atom. The minimum Gasteiger partial charge on any atom is -0.456 e. The van der Waals surface area contributed by atoms with Crippen molar-refractivity contribution < 1.29 is 9.47 Å². The van der Waals surface area contributed by atoms with Crippen molar-refractivity contribution in [1.82, 2.24) is 29.7 Å². The van der Waals surface area contributed by atoms with E-state index < -0.39 is 0 Å². The molecule has 0 aliphatic carbocycles. The zero-order chi connectivity index (χ0) is 25.9. The Bertz CT molecular complexity index is 1390. The molecule has 0 spiro atoms. The fraction of sp³-hybridized carbons (Fsp3) is 0.143. The molecular weight excluding hydrogens is 480 g/mol. The maximum Gasteiger partial charge on any atom is 0.147 e. The van der Waals surface area contributed by atoms with Gasteiger partial charge < -0.3 is 29.1 Å². The minimum atomic E-state index is 0.636. The van der Waals surface area contributed by atoms with Gasteiger partial charge in [0.2, 0.25) is 0 Å². The van der Waals surface area contributed by atoms with Gasteiger partial charge in [-0.25, -0.2) is 0 Å². The molecule has 38 heavy (non-hydrogen) atoms. The molecule has 0 saturated carbocycles. The van der Waals surface area contributed by atoms with E-state index in [1.54, 1.807) is 24.8 Å². The van der Waals surface area contributed by atoms with Crippen molar-refractivity contribution in [1.29, 1.82) is 0 Å². The van der Waals surface area contributed by atoms with Gasteiger partial charge in [0.1, 0.15) is 23.0 Å². The summed E-state index contributed by atoms with van der Waals surface area (Å²) in [5, 5.41) is 0. The standard InChI is InChI=1S/C28H26N8O2/c1-33-7-9-35(19-33)21-11-25(17-29-15-21)37-23-3-5-31-27(13-23)28-14-24(4-6-32-28)38-26-12-22(16-30-18-26)36-10-8-34(2)20-36/h3-18H,19-20H2,1-2H3. The van der Waals surface area contributed by atoms with Gasteiger partial charge in [-0.3, -0.25) is 19.9 Å². The Hall–Kier alpha value is -5.12. The molecule has 0 unspecified atom stereocenters. The van der Waals surface area contributed by atoms with Crippen LogP contribution in [0.25, 0.3) is 11.4 Å². The van der Waals surface area contributed by atoms with Gasteiger partial charge >= 0.3 is 0 Å². The lowest BCUT2D eigenvalue weighted by molar-refractivity contribution is 0.476. The van der Waals surface area contributed by atoms with Crippen molar-refractivity contribution in [3.8, 4) is 34.4 Å². The molecule has 0 radical (unpaired) electrons. The number of anilines is 2. The van der Waals surface area contributed by atoms with E-state index >= 15 is 0 Å². The number of nitrogens with zero attached hydrogens (tertiary/aromatic N) is 8. The van der Waals surface area contributed by atoms with Gasteiger partial charge in [0, 0.05) is 75.6 Å². The fourth-order valence-corrected chi connectivity index (χ4v) is 4.14. The number of pyridine rings is 4. The normalized spacial score (nSPS) is 14.5. The van der Waals surface area contributed by atoms with Crippen LogP contribution in [0.5, 0.6) is 23.0 Å². The first-order chi connectivity index (χ1) is 18.6. The summed E-state index contributed by atoms with van der Waals surface area (Å²) in [7, 11) is 4.05. The van der Waals surface area contributed by atoms with Crippen molar-refractivity contribution in [3.63, 3.8) is 0 Å². The summed E-state index contributed by atoms with van der Waals surface area (Å²) in [4.78, 5) is 26.0. The molecule has 0 amide bonds. The average Bonchev–Trinajstić information content (AvgIpc) is 3.58. The first-order valence-corrected chi connectivity index (χ1v) is 12.1. The molecule has 2 aliphatic rings. The molecule has 10 heteroatoms. The van der Waals surface area contributed by atoms with Crippen LogP contribution in [-0.2, 0) is 0 Å². The first kappa shape index (κ1) is 23.3. The van der Waals surface area contributed by atoms with Gasteiger partial charge in [0.05, 0.1) is 60.9 Å². The molecule has 4 aromatic rings. The third-order valence-electron chi connectivity index (χ3n) is 6.01. The minimum absolute atomic E-state index is 0.636. The zero-order valence-corrected chi connectivity index (χ0v) is 21.0. The van der Waals surface area contributed by atoms with E-state index in [4.69, 9.17) is 9.47 Å². The SMILES string of the molecule is CN1C=CN(c2cncc(Oc3ccnc(-c4cc(Oc5cncc(N6C=CN(C)C6)c5)ccn4)c3)c2)C1. The summed E-state index contributed by atoms with van der Waals surface area (Å²) in [6.45, 7) is 1.53. The van der Waals surface area contributed by atoms with Crippen LogP contribution in [0.1, 0.15) is 0 Å². The quantitative estimate of drug-likeness (QED) is 0.346. The molecule has 6 rings (SSSR count). The molecule has 0 atom stereocenters. The maximum absolute atomic E-state index is 6.12. The van der Waals surface area contributed by atoms with E-state index in [2.05, 4.69) is 39.5 Å². The van der Waals surface area contributed by atoms with Gasteiger partial charge in [-0.1, -0.05) is 0 Å². The predicted octanol–water partition coefficient (Wildman–Crippen LogP) is 4.88. The van der Waals surface area contributed by atoms with E-state index in [1.165, 1.54) is 0 Å². The monoisotopic (exact) mass is 506 g/mol. The second-order valence-electron chi connectivity index (χ2n) is 9.05. The number of aromatic nitrogens is 4. The van der Waals surface area contributed by atoms with Crippen LogP contribution < -0.4 is 19.3 Å². The smallest absolute Gasteiger partial charge is 0.147 e. The lowest BCUT2D eigenvalue weighted by Gasteiger charge is -2.18. The highest BCUT2D eigenvalue weighted by Crippen LogP contribution is 2.31. The highest BCUT2D eigenvalue weighted by atomic mass is 16.5. The van der Waals surface area contributed by atoms with E-state index in [1.807, 2.05) is 87.7 Å². The van der Waals surface area contributed by atoms with E-state index in [-0.39, 0.29) is 0 Å². The summed E-state index contributed by atoms with van der Waals surface area (Å²) in [5.41, 5.74) is 3.24. The summed E-state index contributed by atoms with van der Waals surface area (Å²) in [5.74, 6) is 2.55. The van der Waals surface area contributed by atoms with Crippen molar-refractivity contribution in [2.45, 2.75) is 0 Å². The molecule has 2 aliphatic heterocycles. The fourth-order valence-electron chi connectivity index (χ4n) is 4.14. The van der Waals surface area contributed by atoms with Crippen LogP contribution in [0.3, 0.4) is 0 Å². The molecule has 0 aromatic carbocycles. The highest BCUT2D eigenvalue weighted by molar-refractivity contribution is 5.59. The summed E-state index contributed by atoms with van der Waals surface area (Å²) >= 11 is 0. The summed E-state index contributed by atoms with van der Waals surface area (Å²) in [6, 6.07) is 11.2. The van der Waals surface area contributed by atoms with Crippen LogP contribution in [-0.4, -0.2) is 57.2 Å². The number of rotatable bonds is 7. The number of ether oxygens (including phenoxy) is 2. The van der Waals surface area contributed by atoms with Crippen LogP contribution in [0.15, 0.2) is 98.4 Å². The molecule has 0 fully saturated rings. The molecular formula is C28H26N8O2. The van der Waals surface area contributed by atoms with Crippen LogP contribution in [0, 0.1) is 0 Å². The lowest BCUT2D eigenvalue weighted by Crippen LogP contribution is -2.21. The van der Waals surface area contributed by atoms with Crippen molar-refractivity contribution in [2.75, 3.05) is 37.2 Å². The molecule has 0 bridgehead atoms. The highest BCUT2D eigenvalue weighted by Gasteiger charge is 2.14. The Balaban J connectivity index is 1.17. The third kappa shape index (κ3) is 5.19. The molecule has 0 saturated heterocycles. The van der Waals surface area contributed by atoms with E-state index in [9.17, 15) is 0 Å². The topological polar surface area (TPSA) is 83.0 Å². The number of hydrogen-bond acceptors (Lipinski definition) is 10.